The van der Waals surface area contributed by atoms with Gasteiger partial charge in [0.05, 0.1) is 0 Å². The lowest BCUT2D eigenvalue weighted by atomic mass is 10.1. The van der Waals surface area contributed by atoms with Crippen molar-refractivity contribution in [3.8, 4) is 11.5 Å². The van der Waals surface area contributed by atoms with Crippen LogP contribution in [0, 0.1) is 0 Å². The Morgan fingerprint density at radius 2 is 1.88 bits per heavy atom. The number of fused-ring (bicyclic) bond motifs is 1. The average Bonchev–Trinajstić information content (AvgIpc) is 3.16. The SMILES string of the molecule is O=C(CC1CSCCN1)N1CCN(C(=O)c2ccc3c(c2)OCO3)CC1. The summed E-state index contributed by atoms with van der Waals surface area (Å²) < 4.78 is 10.6. The first-order valence-electron chi connectivity index (χ1n) is 8.98. The Balaban J connectivity index is 1.30. The van der Waals surface area contributed by atoms with Crippen molar-refractivity contribution in [2.45, 2.75) is 12.5 Å². The highest BCUT2D eigenvalue weighted by Crippen LogP contribution is 2.32. The Morgan fingerprint density at radius 1 is 1.12 bits per heavy atom. The first kappa shape index (κ1) is 17.5. The fourth-order valence-electron chi connectivity index (χ4n) is 3.46. The molecule has 2 saturated heterocycles. The van der Waals surface area contributed by atoms with Gasteiger partial charge in [0, 0.05) is 62.3 Å². The first-order chi connectivity index (χ1) is 12.7. The number of carbonyl (C=O) groups is 2. The summed E-state index contributed by atoms with van der Waals surface area (Å²) in [6.07, 6.45) is 0.545. The van der Waals surface area contributed by atoms with E-state index >= 15 is 0 Å². The van der Waals surface area contributed by atoms with Gasteiger partial charge in [0.25, 0.3) is 5.91 Å². The van der Waals surface area contributed by atoms with Crippen LogP contribution in [0.1, 0.15) is 16.8 Å². The number of nitrogens with zero attached hydrogens (tertiary/aromatic N) is 2. The predicted octanol–water partition coefficient (Wildman–Crippen LogP) is 0.795. The summed E-state index contributed by atoms with van der Waals surface area (Å²) in [5.41, 5.74) is 0.595. The number of piperazine rings is 1. The van der Waals surface area contributed by atoms with E-state index in [0.717, 1.165) is 18.1 Å². The van der Waals surface area contributed by atoms with E-state index in [1.54, 1.807) is 23.1 Å². The number of amides is 2. The van der Waals surface area contributed by atoms with E-state index in [-0.39, 0.29) is 24.6 Å². The normalized spacial score (nSPS) is 22.4. The molecule has 1 unspecified atom stereocenters. The molecule has 7 nitrogen and oxygen atoms in total. The third-order valence-corrected chi connectivity index (χ3v) is 6.09. The molecule has 4 rings (SSSR count). The molecule has 26 heavy (non-hydrogen) atoms. The minimum atomic E-state index is -0.0271. The summed E-state index contributed by atoms with van der Waals surface area (Å²) >= 11 is 1.90. The lowest BCUT2D eigenvalue weighted by molar-refractivity contribution is -0.133. The molecule has 3 aliphatic rings. The van der Waals surface area contributed by atoms with Gasteiger partial charge >= 0.3 is 0 Å². The van der Waals surface area contributed by atoms with Crippen molar-refractivity contribution in [1.29, 1.82) is 0 Å². The zero-order valence-corrected chi connectivity index (χ0v) is 15.4. The van der Waals surface area contributed by atoms with Crippen LogP contribution in [0.25, 0.3) is 0 Å². The van der Waals surface area contributed by atoms with Gasteiger partial charge in [-0.2, -0.15) is 11.8 Å². The van der Waals surface area contributed by atoms with Gasteiger partial charge in [0.15, 0.2) is 11.5 Å². The van der Waals surface area contributed by atoms with Crippen LogP contribution in [-0.4, -0.2) is 78.7 Å². The van der Waals surface area contributed by atoms with E-state index in [0.29, 0.717) is 49.7 Å². The molecule has 1 aromatic carbocycles. The van der Waals surface area contributed by atoms with E-state index in [9.17, 15) is 9.59 Å². The highest BCUT2D eigenvalue weighted by Gasteiger charge is 2.27. The van der Waals surface area contributed by atoms with Gasteiger partial charge in [-0.05, 0) is 18.2 Å². The molecular weight excluding hydrogens is 354 g/mol. The van der Waals surface area contributed by atoms with Gasteiger partial charge in [-0.15, -0.1) is 0 Å². The van der Waals surface area contributed by atoms with E-state index in [1.165, 1.54) is 0 Å². The lowest BCUT2D eigenvalue weighted by Crippen LogP contribution is -2.52. The smallest absolute Gasteiger partial charge is 0.254 e. The molecule has 2 amide bonds. The van der Waals surface area contributed by atoms with Gasteiger partial charge < -0.3 is 24.6 Å². The van der Waals surface area contributed by atoms with Crippen LogP contribution in [-0.2, 0) is 4.79 Å². The van der Waals surface area contributed by atoms with Crippen molar-refractivity contribution < 1.29 is 19.1 Å². The van der Waals surface area contributed by atoms with Gasteiger partial charge in [0.2, 0.25) is 12.7 Å². The van der Waals surface area contributed by atoms with E-state index in [4.69, 9.17) is 9.47 Å². The van der Waals surface area contributed by atoms with E-state index < -0.39 is 0 Å². The minimum Gasteiger partial charge on any atom is -0.454 e. The molecule has 0 bridgehead atoms. The quantitative estimate of drug-likeness (QED) is 0.840. The third kappa shape index (κ3) is 3.76. The number of ether oxygens (including phenoxy) is 2. The summed E-state index contributed by atoms with van der Waals surface area (Å²) in [6.45, 7) is 3.48. The highest BCUT2D eigenvalue weighted by molar-refractivity contribution is 7.99. The summed E-state index contributed by atoms with van der Waals surface area (Å²) in [5, 5.41) is 3.40. The molecule has 0 radical (unpaired) electrons. The van der Waals surface area contributed by atoms with Crippen LogP contribution in [0.15, 0.2) is 18.2 Å². The topological polar surface area (TPSA) is 71.1 Å². The number of hydrogen-bond donors (Lipinski definition) is 1. The molecule has 3 aliphatic heterocycles. The Morgan fingerprint density at radius 3 is 2.65 bits per heavy atom. The Hall–Kier alpha value is -1.93. The molecule has 1 N–H and O–H groups in total. The molecular formula is C18H23N3O4S. The summed E-state index contributed by atoms with van der Waals surface area (Å²) in [6, 6.07) is 5.54. The van der Waals surface area contributed by atoms with Crippen LogP contribution >= 0.6 is 11.8 Å². The van der Waals surface area contributed by atoms with Gasteiger partial charge in [-0.1, -0.05) is 0 Å². The number of hydrogen-bond acceptors (Lipinski definition) is 6. The van der Waals surface area contributed by atoms with Crippen molar-refractivity contribution in [1.82, 2.24) is 15.1 Å². The molecule has 0 spiro atoms. The molecule has 140 valence electrons. The summed E-state index contributed by atoms with van der Waals surface area (Å²) in [7, 11) is 0. The molecule has 2 fully saturated rings. The predicted molar refractivity (Wildman–Crippen MR) is 98.8 cm³/mol. The minimum absolute atomic E-state index is 0.0271. The van der Waals surface area contributed by atoms with Gasteiger partial charge in [-0.25, -0.2) is 0 Å². The summed E-state index contributed by atoms with van der Waals surface area (Å²) in [4.78, 5) is 28.9. The van der Waals surface area contributed by atoms with Crippen LogP contribution in [0.3, 0.4) is 0 Å². The molecule has 1 atom stereocenters. The second-order valence-corrected chi connectivity index (χ2v) is 7.82. The molecule has 0 aliphatic carbocycles. The molecule has 1 aromatic rings. The molecule has 0 saturated carbocycles. The Kier molecular flexibility index (Phi) is 5.21. The highest BCUT2D eigenvalue weighted by atomic mass is 32.2. The van der Waals surface area contributed by atoms with Crippen LogP contribution < -0.4 is 14.8 Å². The maximum Gasteiger partial charge on any atom is 0.254 e. The maximum atomic E-state index is 12.7. The fourth-order valence-corrected chi connectivity index (χ4v) is 4.41. The average molecular weight is 377 g/mol. The second-order valence-electron chi connectivity index (χ2n) is 6.67. The monoisotopic (exact) mass is 377 g/mol. The van der Waals surface area contributed by atoms with Crippen LogP contribution in [0.5, 0.6) is 11.5 Å². The van der Waals surface area contributed by atoms with Crippen LogP contribution in [0.2, 0.25) is 0 Å². The molecule has 0 aromatic heterocycles. The number of nitrogens with one attached hydrogen (secondary N) is 1. The standard InChI is InChI=1S/C18H23N3O4S/c22-17(10-14-11-26-8-3-19-14)20-4-6-21(7-5-20)18(23)13-1-2-15-16(9-13)25-12-24-15/h1-2,9,14,19H,3-8,10-12H2. The van der Waals surface area contributed by atoms with Gasteiger partial charge in [0.1, 0.15) is 0 Å². The molecule has 3 heterocycles. The third-order valence-electron chi connectivity index (χ3n) is 4.96. The van der Waals surface area contributed by atoms with Crippen LogP contribution in [0.4, 0.5) is 0 Å². The Bertz CT molecular complexity index is 685. The zero-order valence-electron chi connectivity index (χ0n) is 14.6. The lowest BCUT2D eigenvalue weighted by Gasteiger charge is -2.36. The van der Waals surface area contributed by atoms with Crippen molar-refractivity contribution in [2.24, 2.45) is 0 Å². The van der Waals surface area contributed by atoms with E-state index in [2.05, 4.69) is 5.32 Å². The largest absolute Gasteiger partial charge is 0.454 e. The first-order valence-corrected chi connectivity index (χ1v) is 10.1. The fraction of sp³-hybridized carbons (Fsp3) is 0.556. The number of benzene rings is 1. The number of thioether (sulfide) groups is 1. The number of carbonyl (C=O) groups excluding carboxylic acids is 2. The second kappa shape index (κ2) is 7.75. The maximum absolute atomic E-state index is 12.7. The van der Waals surface area contributed by atoms with E-state index in [1.807, 2.05) is 16.7 Å². The van der Waals surface area contributed by atoms with Crippen molar-refractivity contribution in [3.63, 3.8) is 0 Å². The van der Waals surface area contributed by atoms with Crippen molar-refractivity contribution >= 4 is 23.6 Å². The zero-order chi connectivity index (χ0) is 17.9. The van der Waals surface area contributed by atoms with Crippen molar-refractivity contribution in [2.75, 3.05) is 51.0 Å². The molecule has 8 heteroatoms. The number of rotatable bonds is 3. The summed E-state index contributed by atoms with van der Waals surface area (Å²) in [5.74, 6) is 3.55. The van der Waals surface area contributed by atoms with Gasteiger partial charge in [-0.3, -0.25) is 9.59 Å². The Labute approximate surface area is 157 Å². The van der Waals surface area contributed by atoms with Crippen molar-refractivity contribution in [3.05, 3.63) is 23.8 Å².